The molecule has 1 fully saturated rings. The fraction of sp³-hybridized carbons (Fsp3) is 0.571. The molecule has 2 aromatic rings. The molecule has 102 valence electrons. The van der Waals surface area contributed by atoms with Crippen LogP contribution in [0.25, 0.3) is 4.96 Å². The van der Waals surface area contributed by atoms with E-state index in [0.717, 1.165) is 23.7 Å². The molecule has 3 rings (SSSR count). The number of aromatic nitrogens is 2. The van der Waals surface area contributed by atoms with Gasteiger partial charge in [0.25, 0.3) is 0 Å². The van der Waals surface area contributed by atoms with Gasteiger partial charge in [-0.3, -0.25) is 9.20 Å². The molecule has 1 amide bonds. The van der Waals surface area contributed by atoms with Crippen molar-refractivity contribution < 1.29 is 4.79 Å². The highest BCUT2D eigenvalue weighted by Crippen LogP contribution is 2.21. The summed E-state index contributed by atoms with van der Waals surface area (Å²) in [7, 11) is 0. The van der Waals surface area contributed by atoms with Gasteiger partial charge in [-0.15, -0.1) is 11.3 Å². The second kappa shape index (κ2) is 4.96. The number of imidazole rings is 1. The van der Waals surface area contributed by atoms with Crippen LogP contribution in [-0.2, 0) is 11.2 Å². The van der Waals surface area contributed by atoms with Crippen molar-refractivity contribution in [1.29, 1.82) is 0 Å². The quantitative estimate of drug-likeness (QED) is 0.845. The Morgan fingerprint density at radius 2 is 2.16 bits per heavy atom. The molecular formula is C14H19N3OS. The van der Waals surface area contributed by atoms with E-state index in [9.17, 15) is 4.79 Å². The van der Waals surface area contributed by atoms with Crippen molar-refractivity contribution in [2.75, 3.05) is 13.1 Å². The molecule has 0 aliphatic carbocycles. The number of nitrogens with zero attached hydrogens (tertiary/aromatic N) is 3. The molecule has 0 N–H and O–H groups in total. The number of hydrogen-bond acceptors (Lipinski definition) is 3. The second-order valence-electron chi connectivity index (χ2n) is 5.75. The largest absolute Gasteiger partial charge is 0.342 e. The lowest BCUT2D eigenvalue weighted by atomic mass is 9.91. The first-order chi connectivity index (χ1) is 9.11. The maximum atomic E-state index is 12.3. The van der Waals surface area contributed by atoms with Crippen molar-refractivity contribution in [3.8, 4) is 0 Å². The lowest BCUT2D eigenvalue weighted by molar-refractivity contribution is -0.133. The van der Waals surface area contributed by atoms with Crippen LogP contribution in [-0.4, -0.2) is 33.3 Å². The molecule has 0 aromatic carbocycles. The molecule has 2 atom stereocenters. The molecule has 3 heterocycles. The maximum Gasteiger partial charge on any atom is 0.228 e. The number of carbonyl (C=O) groups is 1. The highest BCUT2D eigenvalue weighted by Gasteiger charge is 2.25. The van der Waals surface area contributed by atoms with Crippen molar-refractivity contribution in [2.24, 2.45) is 11.8 Å². The fourth-order valence-electron chi connectivity index (χ4n) is 2.99. The van der Waals surface area contributed by atoms with E-state index in [0.29, 0.717) is 18.3 Å². The van der Waals surface area contributed by atoms with Gasteiger partial charge in [0.2, 0.25) is 5.91 Å². The first-order valence-corrected chi connectivity index (χ1v) is 7.68. The zero-order valence-corrected chi connectivity index (χ0v) is 12.2. The van der Waals surface area contributed by atoms with Crippen molar-refractivity contribution in [3.05, 3.63) is 23.5 Å². The van der Waals surface area contributed by atoms with Gasteiger partial charge in [0, 0.05) is 30.9 Å². The third-order valence-electron chi connectivity index (χ3n) is 3.70. The number of amides is 1. The Hall–Kier alpha value is -1.36. The van der Waals surface area contributed by atoms with Crippen molar-refractivity contribution in [2.45, 2.75) is 26.7 Å². The minimum Gasteiger partial charge on any atom is -0.342 e. The van der Waals surface area contributed by atoms with Gasteiger partial charge in [0.05, 0.1) is 12.1 Å². The van der Waals surface area contributed by atoms with E-state index in [1.807, 2.05) is 27.1 Å². The van der Waals surface area contributed by atoms with E-state index in [1.54, 1.807) is 11.3 Å². The number of rotatable bonds is 2. The lowest BCUT2D eigenvalue weighted by Crippen LogP contribution is -2.43. The SMILES string of the molecule is C[C@H]1C[C@H](C)CN(C(=O)Cc2cn3ccsc3n2)C1. The molecule has 0 radical (unpaired) electrons. The van der Waals surface area contributed by atoms with Crippen LogP contribution in [0.2, 0.25) is 0 Å². The number of piperidine rings is 1. The fourth-order valence-corrected chi connectivity index (χ4v) is 3.71. The Morgan fingerprint density at radius 1 is 1.42 bits per heavy atom. The Balaban J connectivity index is 1.69. The average Bonchev–Trinajstić information content (AvgIpc) is 2.88. The number of carbonyl (C=O) groups excluding carboxylic acids is 1. The summed E-state index contributed by atoms with van der Waals surface area (Å²) in [6.07, 6.45) is 5.59. The zero-order chi connectivity index (χ0) is 13.4. The standard InChI is InChI=1S/C14H19N3OS/c1-10-5-11(2)8-17(7-10)13(18)6-12-9-16-3-4-19-14(16)15-12/h3-4,9-11H,5-8H2,1-2H3/t10-,11-/m0/s1. The highest BCUT2D eigenvalue weighted by molar-refractivity contribution is 7.15. The van der Waals surface area contributed by atoms with Crippen LogP contribution in [0.4, 0.5) is 0 Å². The summed E-state index contributed by atoms with van der Waals surface area (Å²) in [5, 5.41) is 2.00. The van der Waals surface area contributed by atoms with Crippen LogP contribution in [0.1, 0.15) is 26.0 Å². The smallest absolute Gasteiger partial charge is 0.228 e. The normalized spacial score (nSPS) is 24.0. The number of hydrogen-bond donors (Lipinski definition) is 0. The molecule has 0 spiro atoms. The van der Waals surface area contributed by atoms with Crippen LogP contribution in [0.5, 0.6) is 0 Å². The zero-order valence-electron chi connectivity index (χ0n) is 11.4. The van der Waals surface area contributed by atoms with Crippen molar-refractivity contribution >= 4 is 22.2 Å². The van der Waals surface area contributed by atoms with Crippen LogP contribution >= 0.6 is 11.3 Å². The summed E-state index contributed by atoms with van der Waals surface area (Å²) in [6.45, 7) is 6.24. The predicted octanol–water partition coefficient (Wildman–Crippen LogP) is 2.44. The summed E-state index contributed by atoms with van der Waals surface area (Å²) in [5.41, 5.74) is 0.878. The third kappa shape index (κ3) is 2.66. The maximum absolute atomic E-state index is 12.3. The van der Waals surface area contributed by atoms with Gasteiger partial charge in [-0.25, -0.2) is 4.98 Å². The highest BCUT2D eigenvalue weighted by atomic mass is 32.1. The summed E-state index contributed by atoms with van der Waals surface area (Å²) in [5.74, 6) is 1.43. The Morgan fingerprint density at radius 3 is 2.84 bits per heavy atom. The second-order valence-corrected chi connectivity index (χ2v) is 6.62. The van der Waals surface area contributed by atoms with Gasteiger partial charge in [0.15, 0.2) is 4.96 Å². The average molecular weight is 277 g/mol. The molecule has 1 saturated heterocycles. The molecular weight excluding hydrogens is 258 g/mol. The van der Waals surface area contributed by atoms with E-state index < -0.39 is 0 Å². The minimum atomic E-state index is 0.212. The molecule has 0 saturated carbocycles. The van der Waals surface area contributed by atoms with Gasteiger partial charge in [-0.05, 0) is 18.3 Å². The summed E-state index contributed by atoms with van der Waals surface area (Å²) >= 11 is 1.60. The van der Waals surface area contributed by atoms with E-state index in [-0.39, 0.29) is 5.91 Å². The monoisotopic (exact) mass is 277 g/mol. The minimum absolute atomic E-state index is 0.212. The molecule has 4 nitrogen and oxygen atoms in total. The molecule has 5 heteroatoms. The molecule has 19 heavy (non-hydrogen) atoms. The molecule has 0 unspecified atom stereocenters. The number of likely N-dealkylation sites (tertiary alicyclic amines) is 1. The Bertz CT molecular complexity index is 550. The van der Waals surface area contributed by atoms with E-state index in [1.165, 1.54) is 6.42 Å². The topological polar surface area (TPSA) is 37.6 Å². The van der Waals surface area contributed by atoms with Crippen LogP contribution in [0, 0.1) is 11.8 Å². The van der Waals surface area contributed by atoms with Gasteiger partial charge < -0.3 is 4.90 Å². The lowest BCUT2D eigenvalue weighted by Gasteiger charge is -2.35. The van der Waals surface area contributed by atoms with Crippen molar-refractivity contribution in [1.82, 2.24) is 14.3 Å². The van der Waals surface area contributed by atoms with Crippen LogP contribution < -0.4 is 0 Å². The molecule has 2 aromatic heterocycles. The predicted molar refractivity (Wildman–Crippen MR) is 76.3 cm³/mol. The molecule has 1 aliphatic rings. The van der Waals surface area contributed by atoms with E-state index in [2.05, 4.69) is 18.8 Å². The Kier molecular flexibility index (Phi) is 3.31. The summed E-state index contributed by atoms with van der Waals surface area (Å²) in [4.78, 5) is 19.8. The first kappa shape index (κ1) is 12.7. The number of thiazole rings is 1. The summed E-state index contributed by atoms with van der Waals surface area (Å²) in [6, 6.07) is 0. The molecule has 1 aliphatic heterocycles. The molecule has 0 bridgehead atoms. The third-order valence-corrected chi connectivity index (χ3v) is 4.47. The first-order valence-electron chi connectivity index (χ1n) is 6.80. The number of fused-ring (bicyclic) bond motifs is 1. The van der Waals surface area contributed by atoms with Gasteiger partial charge >= 0.3 is 0 Å². The van der Waals surface area contributed by atoms with Gasteiger partial charge in [0.1, 0.15) is 0 Å². The van der Waals surface area contributed by atoms with Gasteiger partial charge in [-0.1, -0.05) is 13.8 Å². The van der Waals surface area contributed by atoms with Gasteiger partial charge in [-0.2, -0.15) is 0 Å². The van der Waals surface area contributed by atoms with Crippen molar-refractivity contribution in [3.63, 3.8) is 0 Å². The van der Waals surface area contributed by atoms with E-state index >= 15 is 0 Å². The van der Waals surface area contributed by atoms with Crippen LogP contribution in [0.3, 0.4) is 0 Å². The van der Waals surface area contributed by atoms with Crippen LogP contribution in [0.15, 0.2) is 17.8 Å². The summed E-state index contributed by atoms with van der Waals surface area (Å²) < 4.78 is 1.98. The Labute approximate surface area is 117 Å². The van der Waals surface area contributed by atoms with E-state index in [4.69, 9.17) is 0 Å².